The minimum absolute atomic E-state index is 0.174. The van der Waals surface area contributed by atoms with E-state index in [1.54, 1.807) is 0 Å². The van der Waals surface area contributed by atoms with Crippen LogP contribution in [0.5, 0.6) is 0 Å². The molecule has 1 aliphatic carbocycles. The molecule has 0 unspecified atom stereocenters. The van der Waals surface area contributed by atoms with E-state index in [1.165, 1.54) is 0 Å². The van der Waals surface area contributed by atoms with Gasteiger partial charge < -0.3 is 4.43 Å². The summed E-state index contributed by atoms with van der Waals surface area (Å²) in [6.45, 7) is 6.25. The van der Waals surface area contributed by atoms with Crippen molar-refractivity contribution in [1.29, 1.82) is 0 Å². The Morgan fingerprint density at radius 3 is 2.45 bits per heavy atom. The largest absolute Gasteiger partial charge is 0.542 e. The zero-order valence-electron chi connectivity index (χ0n) is 7.31. The van der Waals surface area contributed by atoms with Crippen LogP contribution in [0, 0.1) is 0 Å². The summed E-state index contributed by atoms with van der Waals surface area (Å²) >= 11 is 0. The Labute approximate surface area is 68.4 Å². The smallest absolute Gasteiger partial charge is 0.242 e. The first-order chi connectivity index (χ1) is 4.99. The topological polar surface area (TPSA) is 26.3 Å². The molecule has 0 aliphatic heterocycles. The molecular formula is C8H14O2Si. The van der Waals surface area contributed by atoms with Gasteiger partial charge in [0.25, 0.3) is 0 Å². The van der Waals surface area contributed by atoms with Crippen molar-refractivity contribution in [3.63, 3.8) is 0 Å². The molecule has 1 rings (SSSR count). The number of hydrogen-bond donors (Lipinski definition) is 0. The molecule has 0 heterocycles. The van der Waals surface area contributed by atoms with Gasteiger partial charge in [0.05, 0.1) is 0 Å². The Kier molecular flexibility index (Phi) is 2.18. The highest BCUT2D eigenvalue weighted by molar-refractivity contribution is 6.70. The molecule has 0 atom stereocenters. The Bertz CT molecular complexity index is 201. The highest BCUT2D eigenvalue weighted by Gasteiger charge is 2.23. The van der Waals surface area contributed by atoms with Crippen LogP contribution in [0.25, 0.3) is 0 Å². The SMILES string of the molecule is C[Si](C)(C)OC1=CCCC1=O. The molecular weight excluding hydrogens is 156 g/mol. The van der Waals surface area contributed by atoms with Crippen LogP contribution in [0.2, 0.25) is 19.6 Å². The average Bonchev–Trinajstić information content (AvgIpc) is 2.12. The van der Waals surface area contributed by atoms with Crippen LogP contribution < -0.4 is 0 Å². The zero-order valence-corrected chi connectivity index (χ0v) is 8.31. The van der Waals surface area contributed by atoms with Gasteiger partial charge in [-0.3, -0.25) is 4.79 Å². The van der Waals surface area contributed by atoms with E-state index >= 15 is 0 Å². The minimum Gasteiger partial charge on any atom is -0.542 e. The van der Waals surface area contributed by atoms with E-state index in [1.807, 2.05) is 6.08 Å². The van der Waals surface area contributed by atoms with Crippen molar-refractivity contribution in [2.75, 3.05) is 0 Å². The zero-order chi connectivity index (χ0) is 8.48. The van der Waals surface area contributed by atoms with Crippen molar-refractivity contribution in [2.45, 2.75) is 32.5 Å². The van der Waals surface area contributed by atoms with E-state index in [4.69, 9.17) is 4.43 Å². The van der Waals surface area contributed by atoms with Crippen molar-refractivity contribution >= 4 is 14.1 Å². The van der Waals surface area contributed by atoms with E-state index in [2.05, 4.69) is 19.6 Å². The third-order valence-corrected chi connectivity index (χ3v) is 2.22. The van der Waals surface area contributed by atoms with E-state index in [0.717, 1.165) is 6.42 Å². The second-order valence-electron chi connectivity index (χ2n) is 3.74. The molecule has 1 aliphatic rings. The number of ketones is 1. The van der Waals surface area contributed by atoms with Crippen molar-refractivity contribution in [2.24, 2.45) is 0 Å². The molecule has 0 aromatic heterocycles. The van der Waals surface area contributed by atoms with Gasteiger partial charge in [0.15, 0.2) is 5.78 Å². The standard InChI is InChI=1S/C8H14O2Si/c1-11(2,3)10-8-6-4-5-7(8)9/h6H,4-5H2,1-3H3. The summed E-state index contributed by atoms with van der Waals surface area (Å²) < 4.78 is 5.56. The molecule has 0 saturated heterocycles. The van der Waals surface area contributed by atoms with Crippen LogP contribution in [-0.4, -0.2) is 14.1 Å². The lowest BCUT2D eigenvalue weighted by Gasteiger charge is -2.18. The molecule has 0 amide bonds. The lowest BCUT2D eigenvalue weighted by atomic mass is 10.3. The fraction of sp³-hybridized carbons (Fsp3) is 0.625. The highest BCUT2D eigenvalue weighted by Crippen LogP contribution is 2.19. The second kappa shape index (κ2) is 2.81. The molecule has 62 valence electrons. The number of hydrogen-bond acceptors (Lipinski definition) is 2. The van der Waals surface area contributed by atoms with Gasteiger partial charge in [0.2, 0.25) is 8.32 Å². The van der Waals surface area contributed by atoms with Gasteiger partial charge in [-0.15, -0.1) is 0 Å². The lowest BCUT2D eigenvalue weighted by molar-refractivity contribution is -0.116. The van der Waals surface area contributed by atoms with Gasteiger partial charge in [-0.1, -0.05) is 0 Å². The predicted molar refractivity (Wildman–Crippen MR) is 46.8 cm³/mol. The third kappa shape index (κ3) is 2.50. The average molecular weight is 170 g/mol. The molecule has 0 aromatic rings. The fourth-order valence-electron chi connectivity index (χ4n) is 1.000. The molecule has 0 aromatic carbocycles. The van der Waals surface area contributed by atoms with Gasteiger partial charge in [-0.25, -0.2) is 0 Å². The van der Waals surface area contributed by atoms with E-state index in [9.17, 15) is 4.79 Å². The lowest BCUT2D eigenvalue weighted by Crippen LogP contribution is -2.26. The Morgan fingerprint density at radius 2 is 2.09 bits per heavy atom. The number of carbonyl (C=O) groups is 1. The summed E-state index contributed by atoms with van der Waals surface area (Å²) in [6, 6.07) is 0. The third-order valence-electron chi connectivity index (χ3n) is 1.39. The van der Waals surface area contributed by atoms with Gasteiger partial charge in [0.1, 0.15) is 5.76 Å². The maximum Gasteiger partial charge on any atom is 0.242 e. The molecule has 2 nitrogen and oxygen atoms in total. The molecule has 0 radical (unpaired) electrons. The van der Waals surface area contributed by atoms with Crippen LogP contribution in [-0.2, 0) is 9.22 Å². The van der Waals surface area contributed by atoms with Crippen LogP contribution >= 0.6 is 0 Å². The Balaban J connectivity index is 2.56. The monoisotopic (exact) mass is 170 g/mol. The fourth-order valence-corrected chi connectivity index (χ4v) is 1.86. The maximum atomic E-state index is 11.1. The summed E-state index contributed by atoms with van der Waals surface area (Å²) in [7, 11) is -1.55. The molecule has 3 heteroatoms. The number of carbonyl (C=O) groups excluding carboxylic acids is 1. The van der Waals surface area contributed by atoms with Gasteiger partial charge in [0, 0.05) is 6.42 Å². The van der Waals surface area contributed by atoms with E-state index in [-0.39, 0.29) is 5.78 Å². The number of Topliss-reactive ketones (excluding diaryl/α,β-unsaturated/α-hetero) is 1. The Hall–Kier alpha value is -0.573. The number of allylic oxidation sites excluding steroid dienone is 2. The minimum atomic E-state index is -1.55. The van der Waals surface area contributed by atoms with E-state index in [0.29, 0.717) is 12.2 Å². The summed E-state index contributed by atoms with van der Waals surface area (Å²) in [5.74, 6) is 0.789. The summed E-state index contributed by atoms with van der Waals surface area (Å²) in [4.78, 5) is 11.1. The quantitative estimate of drug-likeness (QED) is 0.593. The van der Waals surface area contributed by atoms with Crippen LogP contribution in [0.1, 0.15) is 12.8 Å². The molecule has 0 fully saturated rings. The van der Waals surface area contributed by atoms with Crippen LogP contribution in [0.3, 0.4) is 0 Å². The summed E-state index contributed by atoms with van der Waals surface area (Å²) in [6.07, 6.45) is 3.40. The van der Waals surface area contributed by atoms with Gasteiger partial charge >= 0.3 is 0 Å². The van der Waals surface area contributed by atoms with Crippen LogP contribution in [0.15, 0.2) is 11.8 Å². The predicted octanol–water partition coefficient (Wildman–Crippen LogP) is 2.08. The van der Waals surface area contributed by atoms with Gasteiger partial charge in [-0.2, -0.15) is 0 Å². The first kappa shape index (κ1) is 8.52. The van der Waals surface area contributed by atoms with E-state index < -0.39 is 8.32 Å². The molecule has 0 N–H and O–H groups in total. The van der Waals surface area contributed by atoms with Crippen LogP contribution in [0.4, 0.5) is 0 Å². The second-order valence-corrected chi connectivity index (χ2v) is 8.17. The summed E-state index contributed by atoms with van der Waals surface area (Å²) in [5, 5.41) is 0. The summed E-state index contributed by atoms with van der Waals surface area (Å²) in [5.41, 5.74) is 0. The molecule has 0 bridgehead atoms. The van der Waals surface area contributed by atoms with Crippen molar-refractivity contribution in [1.82, 2.24) is 0 Å². The normalized spacial score (nSPS) is 18.5. The van der Waals surface area contributed by atoms with Crippen molar-refractivity contribution in [3.8, 4) is 0 Å². The van der Waals surface area contributed by atoms with Crippen molar-refractivity contribution < 1.29 is 9.22 Å². The number of rotatable bonds is 2. The molecule has 0 saturated carbocycles. The first-order valence-corrected chi connectivity index (χ1v) is 7.32. The van der Waals surface area contributed by atoms with Crippen molar-refractivity contribution in [3.05, 3.63) is 11.8 Å². The maximum absolute atomic E-state index is 11.1. The Morgan fingerprint density at radius 1 is 1.45 bits per heavy atom. The molecule has 0 spiro atoms. The first-order valence-electron chi connectivity index (χ1n) is 3.91. The molecule has 11 heavy (non-hydrogen) atoms. The van der Waals surface area contributed by atoms with Gasteiger partial charge in [-0.05, 0) is 32.1 Å². The highest BCUT2D eigenvalue weighted by atomic mass is 28.4.